The Kier molecular flexibility index (Phi) is 5.91. The van der Waals surface area contributed by atoms with E-state index in [9.17, 15) is 4.79 Å². The van der Waals surface area contributed by atoms with Crippen LogP contribution in [0.15, 0.2) is 48.5 Å². The molecule has 0 fully saturated rings. The van der Waals surface area contributed by atoms with Crippen molar-refractivity contribution in [2.75, 3.05) is 11.9 Å². The fraction of sp³-hybridized carbons (Fsp3) is 0.238. The molecule has 2 N–H and O–H groups in total. The summed E-state index contributed by atoms with van der Waals surface area (Å²) in [6, 6.07) is 14.4. The van der Waals surface area contributed by atoms with Crippen LogP contribution in [0.3, 0.4) is 0 Å². The van der Waals surface area contributed by atoms with Crippen molar-refractivity contribution in [3.63, 3.8) is 0 Å². The zero-order valence-electron chi connectivity index (χ0n) is 15.8. The third kappa shape index (κ3) is 4.46. The first-order valence-corrected chi connectivity index (χ1v) is 10.00. The molecule has 1 aromatic heterocycles. The molecule has 146 valence electrons. The summed E-state index contributed by atoms with van der Waals surface area (Å²) in [5, 5.41) is 12.4. The maximum Gasteiger partial charge on any atom is 0.267 e. The zero-order valence-corrected chi connectivity index (χ0v) is 17.4. The van der Waals surface area contributed by atoms with Crippen LogP contribution in [-0.4, -0.2) is 24.0 Å². The molecule has 1 amide bonds. The van der Waals surface area contributed by atoms with Gasteiger partial charge in [0.2, 0.25) is 5.90 Å². The van der Waals surface area contributed by atoms with Crippen LogP contribution in [0.25, 0.3) is 10.1 Å². The number of nitrogens with one attached hydrogen (secondary N) is 2. The highest BCUT2D eigenvalue weighted by molar-refractivity contribution is 7.20. The summed E-state index contributed by atoms with van der Waals surface area (Å²) in [4.78, 5) is 13.6. The van der Waals surface area contributed by atoms with Gasteiger partial charge in [0, 0.05) is 20.8 Å². The average molecular weight is 417 g/mol. The van der Waals surface area contributed by atoms with Crippen LogP contribution < -0.4 is 10.1 Å². The number of thiophene rings is 1. The number of fused-ring (bicyclic) bond motifs is 1. The highest BCUT2D eigenvalue weighted by Crippen LogP contribution is 2.32. The summed E-state index contributed by atoms with van der Waals surface area (Å²) < 4.78 is 12.1. The summed E-state index contributed by atoms with van der Waals surface area (Å²) >= 11 is 7.35. The highest BCUT2D eigenvalue weighted by atomic mass is 35.5. The molecule has 0 spiro atoms. The van der Waals surface area contributed by atoms with E-state index in [0.29, 0.717) is 23.1 Å². The average Bonchev–Trinajstić information content (AvgIpc) is 3.09. The van der Waals surface area contributed by atoms with Gasteiger partial charge >= 0.3 is 0 Å². The number of carbonyl (C=O) groups is 1. The predicted molar refractivity (Wildman–Crippen MR) is 115 cm³/mol. The lowest BCUT2D eigenvalue weighted by atomic mass is 10.1. The number of hydrogen-bond acceptors (Lipinski definition) is 5. The Morgan fingerprint density at radius 3 is 2.61 bits per heavy atom. The second-order valence-corrected chi connectivity index (χ2v) is 8.13. The van der Waals surface area contributed by atoms with E-state index < -0.39 is 5.60 Å². The van der Waals surface area contributed by atoms with Gasteiger partial charge in [0.25, 0.3) is 5.91 Å². The molecule has 0 aliphatic carbocycles. The Morgan fingerprint density at radius 2 is 1.93 bits per heavy atom. The van der Waals surface area contributed by atoms with Crippen molar-refractivity contribution >= 4 is 50.5 Å². The van der Waals surface area contributed by atoms with Crippen LogP contribution >= 0.6 is 22.9 Å². The van der Waals surface area contributed by atoms with Crippen molar-refractivity contribution in [2.24, 2.45) is 0 Å². The Hall–Kier alpha value is -2.57. The molecular weight excluding hydrogens is 396 g/mol. The van der Waals surface area contributed by atoms with Gasteiger partial charge < -0.3 is 14.8 Å². The van der Waals surface area contributed by atoms with Gasteiger partial charge in [-0.05, 0) is 63.2 Å². The van der Waals surface area contributed by atoms with Crippen molar-refractivity contribution in [2.45, 2.75) is 26.4 Å². The zero-order chi connectivity index (χ0) is 20.3. The third-order valence-electron chi connectivity index (χ3n) is 4.06. The van der Waals surface area contributed by atoms with Crippen molar-refractivity contribution in [1.29, 1.82) is 5.41 Å². The van der Waals surface area contributed by atoms with Crippen LogP contribution in [-0.2, 0) is 9.53 Å². The van der Waals surface area contributed by atoms with Gasteiger partial charge in [-0.3, -0.25) is 10.2 Å². The summed E-state index contributed by atoms with van der Waals surface area (Å²) in [5.41, 5.74) is -0.422. The number of anilines is 1. The fourth-order valence-corrected chi connectivity index (χ4v) is 3.73. The standard InChI is InChI=1S/C21H21ClN2O3S/c1-4-26-19(23)18-12-15-16(6-5-7-17(15)28-18)24-20(25)21(2,3)27-14-10-8-13(22)9-11-14/h5-12,23H,4H2,1-3H3,(H,24,25). The third-order valence-corrected chi connectivity index (χ3v) is 5.41. The minimum Gasteiger partial charge on any atom is -0.478 e. The van der Waals surface area contributed by atoms with Crippen LogP contribution in [0.2, 0.25) is 5.02 Å². The van der Waals surface area contributed by atoms with Crippen LogP contribution in [0.1, 0.15) is 25.6 Å². The molecule has 0 aliphatic rings. The van der Waals surface area contributed by atoms with Gasteiger partial charge in [-0.1, -0.05) is 17.7 Å². The molecule has 5 nitrogen and oxygen atoms in total. The first-order chi connectivity index (χ1) is 13.3. The number of amides is 1. The van der Waals surface area contributed by atoms with Gasteiger partial charge in [-0.25, -0.2) is 0 Å². The minimum absolute atomic E-state index is 0.132. The predicted octanol–water partition coefficient (Wildman–Crippen LogP) is 5.71. The molecule has 3 rings (SSSR count). The van der Waals surface area contributed by atoms with Gasteiger partial charge in [-0.2, -0.15) is 0 Å². The molecule has 7 heteroatoms. The lowest BCUT2D eigenvalue weighted by Gasteiger charge is -2.25. The Labute approximate surface area is 172 Å². The van der Waals surface area contributed by atoms with Crippen molar-refractivity contribution in [1.82, 2.24) is 0 Å². The number of carbonyl (C=O) groups excluding carboxylic acids is 1. The maximum absolute atomic E-state index is 12.9. The van der Waals surface area contributed by atoms with E-state index in [1.807, 2.05) is 31.2 Å². The Morgan fingerprint density at radius 1 is 1.21 bits per heavy atom. The number of hydrogen-bond donors (Lipinski definition) is 2. The SMILES string of the molecule is CCOC(=N)c1cc2c(NC(=O)C(C)(C)Oc3ccc(Cl)cc3)cccc2s1. The van der Waals surface area contributed by atoms with Gasteiger partial charge in [0.05, 0.1) is 11.5 Å². The van der Waals surface area contributed by atoms with Crippen molar-refractivity contribution < 1.29 is 14.3 Å². The van der Waals surface area contributed by atoms with Gasteiger partial charge in [-0.15, -0.1) is 11.3 Å². The van der Waals surface area contributed by atoms with Crippen LogP contribution in [0.4, 0.5) is 5.69 Å². The monoisotopic (exact) mass is 416 g/mol. The van der Waals surface area contributed by atoms with E-state index in [2.05, 4.69) is 5.32 Å². The largest absolute Gasteiger partial charge is 0.478 e. The van der Waals surface area contributed by atoms with Gasteiger partial charge in [0.1, 0.15) is 5.75 Å². The molecule has 0 radical (unpaired) electrons. The summed E-state index contributed by atoms with van der Waals surface area (Å²) in [6.07, 6.45) is 0. The number of rotatable bonds is 6. The molecule has 0 saturated heterocycles. The van der Waals surface area contributed by atoms with E-state index in [4.69, 9.17) is 26.5 Å². The Bertz CT molecular complexity index is 1010. The topological polar surface area (TPSA) is 71.4 Å². The molecule has 0 unspecified atom stereocenters. The molecule has 28 heavy (non-hydrogen) atoms. The number of benzene rings is 2. The van der Waals surface area contributed by atoms with Crippen LogP contribution in [0.5, 0.6) is 5.75 Å². The highest BCUT2D eigenvalue weighted by Gasteiger charge is 2.30. The quantitative estimate of drug-likeness (QED) is 0.399. The number of halogens is 1. The van der Waals surface area contributed by atoms with E-state index >= 15 is 0 Å². The molecule has 1 heterocycles. The fourth-order valence-electron chi connectivity index (χ4n) is 2.61. The molecule has 0 bridgehead atoms. The second kappa shape index (κ2) is 8.20. The molecule has 0 aliphatic heterocycles. The van der Waals surface area contributed by atoms with E-state index in [1.54, 1.807) is 38.1 Å². The summed E-state index contributed by atoms with van der Waals surface area (Å²) in [6.45, 7) is 5.70. The molecular formula is C21H21ClN2O3S. The second-order valence-electron chi connectivity index (χ2n) is 6.61. The first-order valence-electron chi connectivity index (χ1n) is 8.80. The lowest BCUT2D eigenvalue weighted by molar-refractivity contribution is -0.128. The minimum atomic E-state index is -1.09. The molecule has 0 atom stereocenters. The van der Waals surface area contributed by atoms with E-state index in [0.717, 1.165) is 15.0 Å². The maximum atomic E-state index is 12.9. The summed E-state index contributed by atoms with van der Waals surface area (Å²) in [5.74, 6) is 0.417. The lowest BCUT2D eigenvalue weighted by Crippen LogP contribution is -2.42. The van der Waals surface area contributed by atoms with E-state index in [-0.39, 0.29) is 11.8 Å². The Balaban J connectivity index is 1.81. The number of ether oxygens (including phenoxy) is 2. The van der Waals surface area contributed by atoms with Crippen LogP contribution in [0, 0.1) is 5.41 Å². The summed E-state index contributed by atoms with van der Waals surface area (Å²) in [7, 11) is 0. The first kappa shape index (κ1) is 20.2. The van der Waals surface area contributed by atoms with Crippen molar-refractivity contribution in [3.05, 3.63) is 58.4 Å². The van der Waals surface area contributed by atoms with Gasteiger partial charge in [0.15, 0.2) is 5.60 Å². The smallest absolute Gasteiger partial charge is 0.267 e. The van der Waals surface area contributed by atoms with E-state index in [1.165, 1.54) is 11.3 Å². The molecule has 2 aromatic carbocycles. The normalized spacial score (nSPS) is 11.3. The molecule has 3 aromatic rings. The molecule has 0 saturated carbocycles. The van der Waals surface area contributed by atoms with Crippen molar-refractivity contribution in [3.8, 4) is 5.75 Å².